The molecule has 0 aliphatic carbocycles. The molecule has 0 unspecified atom stereocenters. The Labute approximate surface area is 111 Å². The maximum atomic E-state index is 12.3. The standard InChI is InChI=1S/C12H17FN4O2/c13-5-10(6-14)9-19-11-7-15-12(16-8-11)17-1-3-18-4-2-17/h5,7-8H,1-4,6,9,14H2/b10-5+. The van der Waals surface area contributed by atoms with E-state index in [0.717, 1.165) is 13.1 Å². The summed E-state index contributed by atoms with van der Waals surface area (Å²) in [5.74, 6) is 1.14. The third kappa shape index (κ3) is 3.87. The van der Waals surface area contributed by atoms with Crippen LogP contribution in [0.1, 0.15) is 0 Å². The smallest absolute Gasteiger partial charge is 0.225 e. The van der Waals surface area contributed by atoms with Gasteiger partial charge < -0.3 is 20.1 Å². The van der Waals surface area contributed by atoms with Gasteiger partial charge in [0, 0.05) is 25.2 Å². The lowest BCUT2D eigenvalue weighted by Gasteiger charge is -2.26. The second kappa shape index (κ2) is 7.01. The fourth-order valence-corrected chi connectivity index (χ4v) is 1.62. The highest BCUT2D eigenvalue weighted by atomic mass is 19.1. The van der Waals surface area contributed by atoms with E-state index in [2.05, 4.69) is 9.97 Å². The van der Waals surface area contributed by atoms with Crippen LogP contribution < -0.4 is 15.4 Å². The quantitative estimate of drug-likeness (QED) is 0.838. The summed E-state index contributed by atoms with van der Waals surface area (Å²) in [5, 5.41) is 0. The topological polar surface area (TPSA) is 73.5 Å². The fraction of sp³-hybridized carbons (Fsp3) is 0.500. The number of rotatable bonds is 5. The summed E-state index contributed by atoms with van der Waals surface area (Å²) in [6, 6.07) is 0. The molecule has 104 valence electrons. The van der Waals surface area contributed by atoms with Gasteiger partial charge in [-0.2, -0.15) is 0 Å². The van der Waals surface area contributed by atoms with Gasteiger partial charge in [0.25, 0.3) is 0 Å². The van der Waals surface area contributed by atoms with Crippen molar-refractivity contribution in [3.05, 3.63) is 24.3 Å². The van der Waals surface area contributed by atoms with Gasteiger partial charge in [-0.3, -0.25) is 0 Å². The van der Waals surface area contributed by atoms with E-state index in [4.69, 9.17) is 15.2 Å². The van der Waals surface area contributed by atoms with E-state index >= 15 is 0 Å². The second-order valence-corrected chi connectivity index (χ2v) is 4.08. The SMILES string of the molecule is NC/C(=C\F)COc1cnc(N2CCOCC2)nc1. The first-order chi connectivity index (χ1) is 9.33. The van der Waals surface area contributed by atoms with Crippen LogP contribution in [-0.2, 0) is 4.74 Å². The summed E-state index contributed by atoms with van der Waals surface area (Å²) in [4.78, 5) is 10.5. The van der Waals surface area contributed by atoms with Crippen LogP contribution in [0.15, 0.2) is 24.3 Å². The Morgan fingerprint density at radius 3 is 2.68 bits per heavy atom. The molecule has 2 N–H and O–H groups in total. The lowest BCUT2D eigenvalue weighted by Crippen LogP contribution is -2.37. The molecule has 0 aromatic carbocycles. The second-order valence-electron chi connectivity index (χ2n) is 4.08. The van der Waals surface area contributed by atoms with Gasteiger partial charge in [-0.15, -0.1) is 0 Å². The number of aromatic nitrogens is 2. The molecule has 2 rings (SSSR count). The molecule has 0 atom stereocenters. The highest BCUT2D eigenvalue weighted by Crippen LogP contribution is 2.13. The largest absolute Gasteiger partial charge is 0.486 e. The molecule has 0 radical (unpaired) electrons. The minimum Gasteiger partial charge on any atom is -0.486 e. The van der Waals surface area contributed by atoms with E-state index in [9.17, 15) is 4.39 Å². The zero-order valence-corrected chi connectivity index (χ0v) is 10.6. The predicted octanol–water partition coefficient (Wildman–Crippen LogP) is 0.504. The van der Waals surface area contributed by atoms with E-state index in [1.807, 2.05) is 4.90 Å². The lowest BCUT2D eigenvalue weighted by molar-refractivity contribution is 0.122. The normalized spacial score (nSPS) is 16.5. The van der Waals surface area contributed by atoms with Gasteiger partial charge in [0.15, 0.2) is 5.75 Å². The Morgan fingerprint density at radius 1 is 1.42 bits per heavy atom. The summed E-state index contributed by atoms with van der Waals surface area (Å²) in [6.07, 6.45) is 3.61. The minimum atomic E-state index is 0.104. The number of hydrogen-bond donors (Lipinski definition) is 1. The number of halogens is 1. The van der Waals surface area contributed by atoms with Crippen molar-refractivity contribution in [3.8, 4) is 5.75 Å². The summed E-state index contributed by atoms with van der Waals surface area (Å²) >= 11 is 0. The molecule has 0 bridgehead atoms. The summed E-state index contributed by atoms with van der Waals surface area (Å²) in [5.41, 5.74) is 5.72. The Balaban J connectivity index is 1.90. The molecule has 2 heterocycles. The first-order valence-corrected chi connectivity index (χ1v) is 6.09. The number of nitrogens with two attached hydrogens (primary N) is 1. The van der Waals surface area contributed by atoms with Crippen LogP contribution in [0.25, 0.3) is 0 Å². The van der Waals surface area contributed by atoms with Crippen LogP contribution in [0, 0.1) is 0 Å². The van der Waals surface area contributed by atoms with Gasteiger partial charge in [-0.05, 0) is 0 Å². The summed E-state index contributed by atoms with van der Waals surface area (Å²) in [6.45, 7) is 3.16. The van der Waals surface area contributed by atoms with Crippen molar-refractivity contribution in [1.82, 2.24) is 9.97 Å². The minimum absolute atomic E-state index is 0.104. The number of anilines is 1. The van der Waals surface area contributed by atoms with Gasteiger partial charge in [-0.1, -0.05) is 0 Å². The first kappa shape index (κ1) is 13.7. The van der Waals surface area contributed by atoms with Crippen molar-refractivity contribution in [1.29, 1.82) is 0 Å². The van der Waals surface area contributed by atoms with Crippen molar-refractivity contribution >= 4 is 5.95 Å². The highest BCUT2D eigenvalue weighted by molar-refractivity contribution is 5.31. The van der Waals surface area contributed by atoms with Crippen LogP contribution in [0.4, 0.5) is 10.3 Å². The molecule has 1 aromatic rings. The zero-order valence-electron chi connectivity index (χ0n) is 10.6. The summed E-state index contributed by atoms with van der Waals surface area (Å²) < 4.78 is 22.9. The number of morpholine rings is 1. The van der Waals surface area contributed by atoms with Crippen LogP contribution >= 0.6 is 0 Å². The van der Waals surface area contributed by atoms with Crippen molar-refractivity contribution in [2.24, 2.45) is 5.73 Å². The Bertz CT molecular complexity index is 418. The van der Waals surface area contributed by atoms with Crippen molar-refractivity contribution in [2.75, 3.05) is 44.4 Å². The average molecular weight is 268 g/mol. The molecule has 19 heavy (non-hydrogen) atoms. The van der Waals surface area contributed by atoms with Gasteiger partial charge in [0.1, 0.15) is 6.61 Å². The van der Waals surface area contributed by atoms with E-state index in [1.54, 1.807) is 12.4 Å². The van der Waals surface area contributed by atoms with Gasteiger partial charge in [0.2, 0.25) is 5.95 Å². The van der Waals surface area contributed by atoms with Crippen molar-refractivity contribution < 1.29 is 13.9 Å². The molecule has 1 fully saturated rings. The van der Waals surface area contributed by atoms with Gasteiger partial charge in [-0.25, -0.2) is 14.4 Å². The van der Waals surface area contributed by atoms with Gasteiger partial charge >= 0.3 is 0 Å². The Hall–Kier alpha value is -1.73. The molecule has 6 nitrogen and oxygen atoms in total. The first-order valence-electron chi connectivity index (χ1n) is 6.09. The highest BCUT2D eigenvalue weighted by Gasteiger charge is 2.13. The Kier molecular flexibility index (Phi) is 5.05. The van der Waals surface area contributed by atoms with E-state index < -0.39 is 0 Å². The fourth-order valence-electron chi connectivity index (χ4n) is 1.62. The zero-order chi connectivity index (χ0) is 13.5. The van der Waals surface area contributed by atoms with Crippen LogP contribution in [0.5, 0.6) is 5.75 Å². The van der Waals surface area contributed by atoms with Crippen LogP contribution in [-0.4, -0.2) is 49.4 Å². The molecule has 0 saturated carbocycles. The lowest BCUT2D eigenvalue weighted by atomic mass is 10.3. The van der Waals surface area contributed by atoms with E-state index in [1.165, 1.54) is 0 Å². The molecule has 0 amide bonds. The average Bonchev–Trinajstić information content (AvgIpc) is 2.50. The number of ether oxygens (including phenoxy) is 2. The summed E-state index contributed by atoms with van der Waals surface area (Å²) in [7, 11) is 0. The molecule has 1 saturated heterocycles. The third-order valence-electron chi connectivity index (χ3n) is 2.75. The van der Waals surface area contributed by atoms with Crippen LogP contribution in [0.3, 0.4) is 0 Å². The molecule has 1 aromatic heterocycles. The number of hydrogen-bond acceptors (Lipinski definition) is 6. The van der Waals surface area contributed by atoms with E-state index in [-0.39, 0.29) is 13.2 Å². The molecular formula is C12H17FN4O2. The molecular weight excluding hydrogens is 251 g/mol. The molecule has 7 heteroatoms. The van der Waals surface area contributed by atoms with E-state index in [0.29, 0.717) is 36.8 Å². The maximum Gasteiger partial charge on any atom is 0.225 e. The monoisotopic (exact) mass is 268 g/mol. The molecule has 0 spiro atoms. The Morgan fingerprint density at radius 2 is 2.11 bits per heavy atom. The molecule has 1 aliphatic rings. The maximum absolute atomic E-state index is 12.3. The number of nitrogens with zero attached hydrogens (tertiary/aromatic N) is 3. The van der Waals surface area contributed by atoms with Crippen LogP contribution in [0.2, 0.25) is 0 Å². The molecule has 1 aliphatic heterocycles. The predicted molar refractivity (Wildman–Crippen MR) is 68.8 cm³/mol. The van der Waals surface area contributed by atoms with Crippen molar-refractivity contribution in [3.63, 3.8) is 0 Å². The third-order valence-corrected chi connectivity index (χ3v) is 2.75. The van der Waals surface area contributed by atoms with Crippen molar-refractivity contribution in [2.45, 2.75) is 0 Å². The van der Waals surface area contributed by atoms with Gasteiger partial charge in [0.05, 0.1) is 31.9 Å².